The molecule has 4 nitrogen and oxygen atoms in total. The Bertz CT molecular complexity index is 454. The molecule has 0 spiro atoms. The van der Waals surface area contributed by atoms with Gasteiger partial charge >= 0.3 is 6.36 Å². The van der Waals surface area contributed by atoms with Gasteiger partial charge < -0.3 is 19.4 Å². The molecule has 0 aliphatic heterocycles. The first-order chi connectivity index (χ1) is 8.33. The summed E-state index contributed by atoms with van der Waals surface area (Å²) < 4.78 is 44.4. The smallest absolute Gasteiger partial charge is 0.545 e. The molecule has 1 aromatic carbocycles. The van der Waals surface area contributed by atoms with Crippen LogP contribution in [0.4, 0.5) is 13.2 Å². The maximum Gasteiger partial charge on any atom is 0.573 e. The van der Waals surface area contributed by atoms with Crippen LogP contribution in [-0.4, -0.2) is 18.9 Å². The van der Waals surface area contributed by atoms with Gasteiger partial charge in [0.2, 0.25) is 0 Å². The highest BCUT2D eigenvalue weighted by molar-refractivity contribution is 5.89. The van der Waals surface area contributed by atoms with E-state index in [1.165, 1.54) is 6.08 Å². The number of hydrogen-bond donors (Lipinski definition) is 0. The highest BCUT2D eigenvalue weighted by Gasteiger charge is 2.31. The molecule has 0 N–H and O–H groups in total. The molecule has 7 heteroatoms. The second kappa shape index (κ2) is 5.44. The number of carboxylic acids is 1. The van der Waals surface area contributed by atoms with Gasteiger partial charge in [0.05, 0.1) is 5.97 Å². The number of rotatable bonds is 5. The maximum absolute atomic E-state index is 11.9. The van der Waals surface area contributed by atoms with Gasteiger partial charge in [0.25, 0.3) is 0 Å². The first kappa shape index (κ1) is 13.9. The van der Waals surface area contributed by atoms with Gasteiger partial charge in [-0.15, -0.1) is 13.2 Å². The minimum Gasteiger partial charge on any atom is -0.545 e. The Labute approximate surface area is 100 Å². The molecule has 0 aliphatic carbocycles. The van der Waals surface area contributed by atoms with Crippen LogP contribution in [0.25, 0.3) is 0 Å². The summed E-state index contributed by atoms with van der Waals surface area (Å²) in [6, 6.07) is 2.68. The summed E-state index contributed by atoms with van der Waals surface area (Å²) in [5, 5.41) is 10.7. The standard InChI is InChI=1S/C11H9F3O4/c1-2-5-17-9-4-3-7(18-11(12,13)14)6-8(9)10(15)16/h2-4,6H,1,5H2,(H,15,16)/p-1. The zero-order chi connectivity index (χ0) is 13.8. The third-order valence-corrected chi connectivity index (χ3v) is 1.76. The largest absolute Gasteiger partial charge is 0.573 e. The van der Waals surface area contributed by atoms with Gasteiger partial charge in [0, 0.05) is 5.56 Å². The predicted octanol–water partition coefficient (Wildman–Crippen LogP) is 1.51. The second-order valence-corrected chi connectivity index (χ2v) is 3.09. The lowest BCUT2D eigenvalue weighted by molar-refractivity contribution is -0.275. The van der Waals surface area contributed by atoms with Crippen LogP contribution < -0.4 is 14.6 Å². The summed E-state index contributed by atoms with van der Waals surface area (Å²) in [6.07, 6.45) is -3.54. The minimum atomic E-state index is -4.90. The lowest BCUT2D eigenvalue weighted by Gasteiger charge is -2.14. The molecule has 0 aliphatic rings. The summed E-state index contributed by atoms with van der Waals surface area (Å²) in [7, 11) is 0. The summed E-state index contributed by atoms with van der Waals surface area (Å²) in [6.45, 7) is 3.37. The van der Waals surface area contributed by atoms with Gasteiger partial charge in [-0.25, -0.2) is 0 Å². The normalized spacial score (nSPS) is 10.8. The molecule has 1 aromatic rings. The third-order valence-electron chi connectivity index (χ3n) is 1.76. The summed E-state index contributed by atoms with van der Waals surface area (Å²) in [5.74, 6) is -2.45. The Kier molecular flexibility index (Phi) is 4.19. The molecule has 1 rings (SSSR count). The van der Waals surface area contributed by atoms with Crippen molar-refractivity contribution in [3.63, 3.8) is 0 Å². The number of halogens is 3. The van der Waals surface area contributed by atoms with Crippen LogP contribution in [-0.2, 0) is 0 Å². The molecule has 0 saturated carbocycles. The van der Waals surface area contributed by atoms with Gasteiger partial charge in [0.15, 0.2) is 0 Å². The number of carbonyl (C=O) groups excluding carboxylic acids is 1. The minimum absolute atomic E-state index is 0.0136. The SMILES string of the molecule is C=CCOc1ccc(OC(F)(F)F)cc1C(=O)[O-]. The van der Waals surface area contributed by atoms with Crippen molar-refractivity contribution in [1.82, 2.24) is 0 Å². The van der Waals surface area contributed by atoms with E-state index < -0.39 is 23.6 Å². The number of aromatic carboxylic acids is 1. The van der Waals surface area contributed by atoms with Crippen LogP contribution in [0, 0.1) is 0 Å². The van der Waals surface area contributed by atoms with Crippen molar-refractivity contribution in [2.45, 2.75) is 6.36 Å². The van der Waals surface area contributed by atoms with Crippen molar-refractivity contribution in [2.75, 3.05) is 6.61 Å². The van der Waals surface area contributed by atoms with Crippen molar-refractivity contribution in [2.24, 2.45) is 0 Å². The van der Waals surface area contributed by atoms with E-state index in [1.807, 2.05) is 0 Å². The monoisotopic (exact) mass is 261 g/mol. The molecule has 0 radical (unpaired) electrons. The molecule has 0 fully saturated rings. The Morgan fingerprint density at radius 2 is 2.11 bits per heavy atom. The fraction of sp³-hybridized carbons (Fsp3) is 0.182. The first-order valence-electron chi connectivity index (χ1n) is 4.68. The van der Waals surface area contributed by atoms with E-state index in [0.717, 1.165) is 12.1 Å². The number of benzene rings is 1. The number of hydrogen-bond acceptors (Lipinski definition) is 4. The molecule has 98 valence electrons. The number of ether oxygens (including phenoxy) is 2. The van der Waals surface area contributed by atoms with E-state index in [4.69, 9.17) is 4.74 Å². The molecule has 0 heterocycles. The number of carboxylic acid groups (broad SMARTS) is 1. The Morgan fingerprint density at radius 1 is 1.44 bits per heavy atom. The fourth-order valence-corrected chi connectivity index (χ4v) is 1.14. The van der Waals surface area contributed by atoms with Gasteiger partial charge in [-0.2, -0.15) is 0 Å². The van der Waals surface area contributed by atoms with Gasteiger partial charge in [0.1, 0.15) is 18.1 Å². The third kappa shape index (κ3) is 4.00. The molecule has 0 unspecified atom stereocenters. The molecular formula is C11H8F3O4-. The lowest BCUT2D eigenvalue weighted by atomic mass is 10.2. The Morgan fingerprint density at radius 3 is 2.61 bits per heavy atom. The van der Waals surface area contributed by atoms with E-state index in [-0.39, 0.29) is 12.4 Å². The van der Waals surface area contributed by atoms with Crippen molar-refractivity contribution in [1.29, 1.82) is 0 Å². The lowest BCUT2D eigenvalue weighted by Crippen LogP contribution is -2.24. The molecule has 0 saturated heterocycles. The highest BCUT2D eigenvalue weighted by atomic mass is 19.4. The summed E-state index contributed by atoms with van der Waals surface area (Å²) in [5.41, 5.74) is -0.529. The summed E-state index contributed by atoms with van der Waals surface area (Å²) in [4.78, 5) is 10.7. The average molecular weight is 261 g/mol. The quantitative estimate of drug-likeness (QED) is 0.754. The molecule has 0 atom stereocenters. The van der Waals surface area contributed by atoms with E-state index in [2.05, 4.69) is 11.3 Å². The Hall–Kier alpha value is -2.18. The van der Waals surface area contributed by atoms with Gasteiger partial charge in [-0.1, -0.05) is 12.7 Å². The summed E-state index contributed by atoms with van der Waals surface area (Å²) >= 11 is 0. The van der Waals surface area contributed by atoms with Crippen LogP contribution >= 0.6 is 0 Å². The Balaban J connectivity index is 3.03. The van der Waals surface area contributed by atoms with E-state index in [9.17, 15) is 23.1 Å². The van der Waals surface area contributed by atoms with E-state index >= 15 is 0 Å². The van der Waals surface area contributed by atoms with Crippen molar-refractivity contribution in [3.8, 4) is 11.5 Å². The number of alkyl halides is 3. The van der Waals surface area contributed by atoms with Crippen molar-refractivity contribution in [3.05, 3.63) is 36.4 Å². The highest BCUT2D eigenvalue weighted by Crippen LogP contribution is 2.28. The average Bonchev–Trinajstić information content (AvgIpc) is 2.25. The van der Waals surface area contributed by atoms with Crippen LogP contribution in [0.1, 0.15) is 10.4 Å². The van der Waals surface area contributed by atoms with Crippen molar-refractivity contribution >= 4 is 5.97 Å². The molecular weight excluding hydrogens is 253 g/mol. The molecule has 0 amide bonds. The van der Waals surface area contributed by atoms with E-state index in [0.29, 0.717) is 6.07 Å². The van der Waals surface area contributed by atoms with Crippen LogP contribution in [0.2, 0.25) is 0 Å². The number of carbonyl (C=O) groups is 1. The fourth-order valence-electron chi connectivity index (χ4n) is 1.14. The van der Waals surface area contributed by atoms with Gasteiger partial charge in [-0.3, -0.25) is 0 Å². The second-order valence-electron chi connectivity index (χ2n) is 3.09. The first-order valence-corrected chi connectivity index (χ1v) is 4.68. The zero-order valence-electron chi connectivity index (χ0n) is 8.99. The van der Waals surface area contributed by atoms with Crippen LogP contribution in [0.3, 0.4) is 0 Å². The van der Waals surface area contributed by atoms with Crippen molar-refractivity contribution < 1.29 is 32.5 Å². The zero-order valence-corrected chi connectivity index (χ0v) is 8.99. The van der Waals surface area contributed by atoms with E-state index in [1.54, 1.807) is 0 Å². The topological polar surface area (TPSA) is 58.6 Å². The molecule has 18 heavy (non-hydrogen) atoms. The van der Waals surface area contributed by atoms with Crippen LogP contribution in [0.15, 0.2) is 30.9 Å². The maximum atomic E-state index is 11.9. The van der Waals surface area contributed by atoms with Crippen LogP contribution in [0.5, 0.6) is 11.5 Å². The molecule has 0 bridgehead atoms. The predicted molar refractivity (Wildman–Crippen MR) is 53.1 cm³/mol. The van der Waals surface area contributed by atoms with Gasteiger partial charge in [-0.05, 0) is 18.2 Å². The molecule has 0 aromatic heterocycles.